The average molecular weight is 202 g/mol. The van der Waals surface area contributed by atoms with Crippen molar-refractivity contribution >= 4 is 5.82 Å². The van der Waals surface area contributed by atoms with Gasteiger partial charge in [-0.2, -0.15) is 5.26 Å². The molecule has 0 N–H and O–H groups in total. The Hall–Kier alpha value is -1.63. The van der Waals surface area contributed by atoms with Gasteiger partial charge in [-0.05, 0) is 18.9 Å². The highest BCUT2D eigenvalue weighted by Gasteiger charge is 2.26. The highest BCUT2D eigenvalue weighted by atomic mass is 15.2. The van der Waals surface area contributed by atoms with Gasteiger partial charge in [-0.3, -0.25) is 0 Å². The van der Waals surface area contributed by atoms with E-state index in [0.717, 1.165) is 18.2 Å². The lowest BCUT2D eigenvalue weighted by molar-refractivity contribution is 0.849. The molecule has 0 spiro atoms. The Morgan fingerprint density at radius 2 is 2.40 bits per heavy atom. The van der Waals surface area contributed by atoms with Gasteiger partial charge >= 0.3 is 0 Å². The Kier molecular flexibility index (Phi) is 2.82. The van der Waals surface area contributed by atoms with E-state index in [1.54, 1.807) is 6.20 Å². The molecule has 0 saturated heterocycles. The van der Waals surface area contributed by atoms with Crippen molar-refractivity contribution in [1.82, 2.24) is 9.97 Å². The molecule has 0 aliphatic heterocycles. The Morgan fingerprint density at radius 1 is 1.60 bits per heavy atom. The van der Waals surface area contributed by atoms with Gasteiger partial charge in [0.1, 0.15) is 11.6 Å². The van der Waals surface area contributed by atoms with E-state index in [4.69, 9.17) is 5.26 Å². The lowest BCUT2D eigenvalue weighted by atomic mass is 10.3. The zero-order chi connectivity index (χ0) is 10.7. The summed E-state index contributed by atoms with van der Waals surface area (Å²) in [6.07, 6.45) is 4.76. The highest BCUT2D eigenvalue weighted by Crippen LogP contribution is 2.38. The largest absolute Gasteiger partial charge is 0.359 e. The first-order chi connectivity index (χ1) is 7.31. The first-order valence-corrected chi connectivity index (χ1v) is 5.22. The number of rotatable bonds is 4. The molecule has 1 fully saturated rings. The molecule has 15 heavy (non-hydrogen) atoms. The van der Waals surface area contributed by atoms with Crippen molar-refractivity contribution in [2.75, 3.05) is 18.5 Å². The minimum atomic E-state index is 0.527. The second kappa shape index (κ2) is 4.26. The van der Waals surface area contributed by atoms with Crippen molar-refractivity contribution in [3.8, 4) is 6.07 Å². The molecule has 2 rings (SSSR count). The molecule has 4 nitrogen and oxygen atoms in total. The van der Waals surface area contributed by atoms with Crippen LogP contribution in [0, 0.1) is 11.3 Å². The van der Waals surface area contributed by atoms with Gasteiger partial charge in [-0.25, -0.2) is 9.97 Å². The summed E-state index contributed by atoms with van der Waals surface area (Å²) in [7, 11) is 1.95. The molecule has 4 heteroatoms. The van der Waals surface area contributed by atoms with Gasteiger partial charge < -0.3 is 4.90 Å². The maximum Gasteiger partial charge on any atom is 0.133 e. The standard InChI is InChI=1S/C11H14N4/c1-15(8-2-6-12)10-5-7-13-11(14-10)9-3-4-9/h5,7,9H,2-4,8H2,1H3. The van der Waals surface area contributed by atoms with E-state index >= 15 is 0 Å². The van der Waals surface area contributed by atoms with E-state index in [1.165, 1.54) is 12.8 Å². The number of anilines is 1. The maximum absolute atomic E-state index is 8.51. The Bertz CT molecular complexity index is 378. The van der Waals surface area contributed by atoms with Crippen LogP contribution in [0.1, 0.15) is 31.0 Å². The van der Waals surface area contributed by atoms with Crippen LogP contribution in [-0.4, -0.2) is 23.6 Å². The van der Waals surface area contributed by atoms with E-state index in [1.807, 2.05) is 18.0 Å². The van der Waals surface area contributed by atoms with Crippen LogP contribution in [0.2, 0.25) is 0 Å². The van der Waals surface area contributed by atoms with Gasteiger partial charge in [0.25, 0.3) is 0 Å². The lowest BCUT2D eigenvalue weighted by Crippen LogP contribution is -2.19. The van der Waals surface area contributed by atoms with Crippen LogP contribution in [0.15, 0.2) is 12.3 Å². The van der Waals surface area contributed by atoms with Crippen molar-refractivity contribution in [2.24, 2.45) is 0 Å². The van der Waals surface area contributed by atoms with Gasteiger partial charge in [0.2, 0.25) is 0 Å². The fourth-order valence-electron chi connectivity index (χ4n) is 1.45. The third-order valence-corrected chi connectivity index (χ3v) is 2.55. The second-order valence-electron chi connectivity index (χ2n) is 3.88. The number of aromatic nitrogens is 2. The van der Waals surface area contributed by atoms with Crippen LogP contribution in [0.3, 0.4) is 0 Å². The molecule has 0 unspecified atom stereocenters. The molecule has 1 aromatic rings. The van der Waals surface area contributed by atoms with Gasteiger partial charge in [0.05, 0.1) is 12.5 Å². The van der Waals surface area contributed by atoms with Crippen LogP contribution < -0.4 is 4.90 Å². The molecule has 0 amide bonds. The highest BCUT2D eigenvalue weighted by molar-refractivity contribution is 5.37. The molecule has 0 radical (unpaired) electrons. The molecule has 0 atom stereocenters. The van der Waals surface area contributed by atoms with E-state index < -0.39 is 0 Å². The number of hydrogen-bond donors (Lipinski definition) is 0. The normalized spacial score (nSPS) is 14.7. The van der Waals surface area contributed by atoms with Gasteiger partial charge in [-0.1, -0.05) is 0 Å². The molecule has 0 aromatic carbocycles. The summed E-state index contributed by atoms with van der Waals surface area (Å²) in [5.74, 6) is 2.45. The minimum absolute atomic E-state index is 0.527. The van der Waals surface area contributed by atoms with Gasteiger partial charge in [-0.15, -0.1) is 0 Å². The summed E-state index contributed by atoms with van der Waals surface area (Å²) in [5.41, 5.74) is 0. The molecule has 0 bridgehead atoms. The quantitative estimate of drug-likeness (QED) is 0.745. The van der Waals surface area contributed by atoms with Gasteiger partial charge in [0, 0.05) is 25.7 Å². The van der Waals surface area contributed by atoms with E-state index in [9.17, 15) is 0 Å². The second-order valence-corrected chi connectivity index (χ2v) is 3.88. The lowest BCUT2D eigenvalue weighted by Gasteiger charge is -2.16. The predicted octanol–water partition coefficient (Wildman–Crippen LogP) is 1.70. The molecule has 1 aliphatic rings. The fraction of sp³-hybridized carbons (Fsp3) is 0.545. The Morgan fingerprint density at radius 3 is 3.07 bits per heavy atom. The summed E-state index contributed by atoms with van der Waals surface area (Å²) >= 11 is 0. The molecular weight excluding hydrogens is 188 g/mol. The van der Waals surface area contributed by atoms with E-state index in [-0.39, 0.29) is 0 Å². The zero-order valence-corrected chi connectivity index (χ0v) is 8.85. The SMILES string of the molecule is CN(CCC#N)c1ccnc(C2CC2)n1. The molecule has 1 aromatic heterocycles. The topological polar surface area (TPSA) is 52.8 Å². The van der Waals surface area contributed by atoms with Crippen molar-refractivity contribution in [3.63, 3.8) is 0 Å². The van der Waals surface area contributed by atoms with Crippen molar-refractivity contribution < 1.29 is 0 Å². The van der Waals surface area contributed by atoms with Crippen molar-refractivity contribution in [3.05, 3.63) is 18.1 Å². The smallest absolute Gasteiger partial charge is 0.133 e. The third-order valence-electron chi connectivity index (χ3n) is 2.55. The van der Waals surface area contributed by atoms with Crippen LogP contribution in [0.5, 0.6) is 0 Å². The number of hydrogen-bond acceptors (Lipinski definition) is 4. The first-order valence-electron chi connectivity index (χ1n) is 5.22. The van der Waals surface area contributed by atoms with Crippen LogP contribution >= 0.6 is 0 Å². The average Bonchev–Trinajstić information content (AvgIpc) is 3.10. The predicted molar refractivity (Wildman–Crippen MR) is 57.5 cm³/mol. The molecule has 1 saturated carbocycles. The van der Waals surface area contributed by atoms with E-state index in [0.29, 0.717) is 12.3 Å². The summed E-state index contributed by atoms with van der Waals surface area (Å²) in [4.78, 5) is 10.8. The van der Waals surface area contributed by atoms with Gasteiger partial charge in [0.15, 0.2) is 0 Å². The summed E-state index contributed by atoms with van der Waals surface area (Å²) in [6.45, 7) is 0.720. The fourth-order valence-corrected chi connectivity index (χ4v) is 1.45. The van der Waals surface area contributed by atoms with Crippen molar-refractivity contribution in [2.45, 2.75) is 25.2 Å². The summed E-state index contributed by atoms with van der Waals surface area (Å²) in [6, 6.07) is 4.03. The van der Waals surface area contributed by atoms with Crippen LogP contribution in [0.25, 0.3) is 0 Å². The van der Waals surface area contributed by atoms with Crippen molar-refractivity contribution in [1.29, 1.82) is 5.26 Å². The van der Waals surface area contributed by atoms with Crippen LogP contribution in [0.4, 0.5) is 5.82 Å². The molecular formula is C11H14N4. The Balaban J connectivity index is 2.06. The number of nitriles is 1. The maximum atomic E-state index is 8.51. The number of nitrogens with zero attached hydrogens (tertiary/aromatic N) is 4. The molecule has 1 aliphatic carbocycles. The minimum Gasteiger partial charge on any atom is -0.359 e. The summed E-state index contributed by atoms with van der Waals surface area (Å²) in [5, 5.41) is 8.51. The third kappa shape index (κ3) is 2.44. The molecule has 1 heterocycles. The Labute approximate surface area is 89.6 Å². The monoisotopic (exact) mass is 202 g/mol. The zero-order valence-electron chi connectivity index (χ0n) is 8.85. The van der Waals surface area contributed by atoms with E-state index in [2.05, 4.69) is 16.0 Å². The first kappa shape index (κ1) is 9.91. The van der Waals surface area contributed by atoms with Crippen LogP contribution in [-0.2, 0) is 0 Å². The molecule has 78 valence electrons. The summed E-state index contributed by atoms with van der Waals surface area (Å²) < 4.78 is 0.